The number of thiophene rings is 1. The van der Waals surface area contributed by atoms with E-state index < -0.39 is 5.91 Å². The Balaban J connectivity index is 1.58. The number of hydrogen-bond donors (Lipinski definition) is 2. The SMILES string of the molecule is COC[C@@H](C)n1c(SCC(=O)Nc2sc3c(c2C(N)=O)CCC3)nc2ccccc2c1=O. The summed E-state index contributed by atoms with van der Waals surface area (Å²) in [6.45, 7) is 2.21. The summed E-state index contributed by atoms with van der Waals surface area (Å²) in [6.07, 6.45) is 2.70. The Morgan fingerprint density at radius 1 is 1.34 bits per heavy atom. The second-order valence-corrected chi connectivity index (χ2v) is 9.70. The molecule has 10 heteroatoms. The van der Waals surface area contributed by atoms with E-state index in [2.05, 4.69) is 10.3 Å². The van der Waals surface area contributed by atoms with Crippen molar-refractivity contribution in [3.05, 3.63) is 50.6 Å². The number of nitrogens with zero attached hydrogens (tertiary/aromatic N) is 2. The molecule has 1 atom stereocenters. The van der Waals surface area contributed by atoms with Crippen LogP contribution in [-0.4, -0.2) is 40.8 Å². The Bertz CT molecular complexity index is 1250. The zero-order valence-corrected chi connectivity index (χ0v) is 19.5. The Kier molecular flexibility index (Phi) is 6.63. The van der Waals surface area contributed by atoms with E-state index in [1.165, 1.54) is 23.1 Å². The summed E-state index contributed by atoms with van der Waals surface area (Å²) < 4.78 is 6.80. The lowest BCUT2D eigenvalue weighted by Crippen LogP contribution is -2.29. The molecule has 0 saturated heterocycles. The minimum Gasteiger partial charge on any atom is -0.383 e. The van der Waals surface area contributed by atoms with Crippen LogP contribution in [0.5, 0.6) is 0 Å². The van der Waals surface area contributed by atoms with Crippen LogP contribution in [0, 0.1) is 0 Å². The van der Waals surface area contributed by atoms with Gasteiger partial charge in [0.15, 0.2) is 5.16 Å². The number of aromatic nitrogens is 2. The smallest absolute Gasteiger partial charge is 0.262 e. The van der Waals surface area contributed by atoms with Gasteiger partial charge in [-0.25, -0.2) is 4.98 Å². The first-order valence-electron chi connectivity index (χ1n) is 10.3. The van der Waals surface area contributed by atoms with Crippen LogP contribution in [0.25, 0.3) is 10.9 Å². The first kappa shape index (κ1) is 22.5. The Hall–Kier alpha value is -2.69. The fraction of sp³-hybridized carbons (Fsp3) is 0.364. The van der Waals surface area contributed by atoms with Crippen molar-refractivity contribution in [2.75, 3.05) is 24.8 Å². The molecule has 1 aliphatic carbocycles. The molecule has 0 saturated carbocycles. The average molecular weight is 473 g/mol. The number of methoxy groups -OCH3 is 1. The minimum absolute atomic E-state index is 0.0330. The summed E-state index contributed by atoms with van der Waals surface area (Å²) in [5.74, 6) is -0.776. The Morgan fingerprint density at radius 2 is 2.12 bits per heavy atom. The van der Waals surface area contributed by atoms with Gasteiger partial charge in [0, 0.05) is 12.0 Å². The molecular weight excluding hydrogens is 448 g/mol. The van der Waals surface area contributed by atoms with Crippen molar-refractivity contribution < 1.29 is 14.3 Å². The van der Waals surface area contributed by atoms with Crippen molar-refractivity contribution in [3.8, 4) is 0 Å². The fourth-order valence-electron chi connectivity index (χ4n) is 3.98. The lowest BCUT2D eigenvalue weighted by atomic mass is 10.1. The highest BCUT2D eigenvalue weighted by Gasteiger charge is 2.26. The first-order valence-corrected chi connectivity index (χ1v) is 12.1. The molecule has 3 N–H and O–H groups in total. The van der Waals surface area contributed by atoms with Gasteiger partial charge in [-0.3, -0.25) is 19.0 Å². The van der Waals surface area contributed by atoms with E-state index in [1.807, 2.05) is 13.0 Å². The quantitative estimate of drug-likeness (QED) is 0.385. The summed E-state index contributed by atoms with van der Waals surface area (Å²) >= 11 is 2.59. The zero-order valence-electron chi connectivity index (χ0n) is 17.8. The third kappa shape index (κ3) is 4.30. The second-order valence-electron chi connectivity index (χ2n) is 7.65. The predicted octanol–water partition coefficient (Wildman–Crippen LogP) is 2.98. The molecular formula is C22H24N4O4S2. The van der Waals surface area contributed by atoms with E-state index in [1.54, 1.807) is 29.9 Å². The molecule has 0 bridgehead atoms. The van der Waals surface area contributed by atoms with Crippen molar-refractivity contribution in [1.29, 1.82) is 0 Å². The van der Waals surface area contributed by atoms with Crippen LogP contribution in [0.15, 0.2) is 34.2 Å². The third-order valence-electron chi connectivity index (χ3n) is 5.38. The van der Waals surface area contributed by atoms with Crippen molar-refractivity contribution in [1.82, 2.24) is 9.55 Å². The van der Waals surface area contributed by atoms with E-state index in [4.69, 9.17) is 10.5 Å². The standard InChI is InChI=1S/C22H24N4O4S2/c1-12(10-30-2)26-21(29)13-6-3-4-8-15(13)24-22(26)31-11-17(27)25-20-18(19(23)28)14-7-5-9-16(14)32-20/h3-4,6,8,12H,5,7,9-11H2,1-2H3,(H2,23,28)(H,25,27)/t12-/m1/s1. The summed E-state index contributed by atoms with van der Waals surface area (Å²) in [6, 6.07) is 6.88. The number of rotatable bonds is 8. The van der Waals surface area contributed by atoms with Gasteiger partial charge in [0.2, 0.25) is 5.91 Å². The zero-order chi connectivity index (χ0) is 22.8. The van der Waals surface area contributed by atoms with Crippen molar-refractivity contribution in [2.45, 2.75) is 37.4 Å². The van der Waals surface area contributed by atoms with Crippen LogP contribution in [0.2, 0.25) is 0 Å². The number of nitrogens with two attached hydrogens (primary N) is 1. The number of benzene rings is 1. The van der Waals surface area contributed by atoms with Crippen LogP contribution >= 0.6 is 23.1 Å². The number of anilines is 1. The molecule has 3 aromatic rings. The van der Waals surface area contributed by atoms with Gasteiger partial charge in [-0.1, -0.05) is 23.9 Å². The number of carbonyl (C=O) groups is 2. The normalized spacial score (nSPS) is 13.8. The number of amides is 2. The molecule has 2 heterocycles. The monoisotopic (exact) mass is 472 g/mol. The van der Waals surface area contributed by atoms with Crippen LogP contribution in [-0.2, 0) is 22.4 Å². The van der Waals surface area contributed by atoms with Gasteiger partial charge in [-0.05, 0) is 43.9 Å². The summed E-state index contributed by atoms with van der Waals surface area (Å²) in [5, 5.41) is 4.30. The molecule has 0 spiro atoms. The van der Waals surface area contributed by atoms with Crippen molar-refractivity contribution >= 4 is 50.8 Å². The topological polar surface area (TPSA) is 116 Å². The maximum atomic E-state index is 13.1. The molecule has 168 valence electrons. The van der Waals surface area contributed by atoms with E-state index in [-0.39, 0.29) is 23.3 Å². The lowest BCUT2D eigenvalue weighted by Gasteiger charge is -2.18. The first-order chi connectivity index (χ1) is 15.4. The molecule has 8 nitrogen and oxygen atoms in total. The summed E-state index contributed by atoms with van der Waals surface area (Å²) in [4.78, 5) is 43.5. The van der Waals surface area contributed by atoms with Gasteiger partial charge in [-0.15, -0.1) is 11.3 Å². The van der Waals surface area contributed by atoms with Crippen molar-refractivity contribution in [3.63, 3.8) is 0 Å². The highest BCUT2D eigenvalue weighted by atomic mass is 32.2. The van der Waals surface area contributed by atoms with Gasteiger partial charge >= 0.3 is 0 Å². The Labute approximate surface area is 193 Å². The number of fused-ring (bicyclic) bond motifs is 2. The molecule has 0 radical (unpaired) electrons. The molecule has 0 fully saturated rings. The van der Waals surface area contributed by atoms with Crippen LogP contribution in [0.3, 0.4) is 0 Å². The van der Waals surface area contributed by atoms with E-state index in [0.29, 0.717) is 33.2 Å². The fourth-order valence-corrected chi connectivity index (χ4v) is 6.19. The summed E-state index contributed by atoms with van der Waals surface area (Å²) in [5.41, 5.74) is 7.37. The highest BCUT2D eigenvalue weighted by Crippen LogP contribution is 2.39. The number of primary amides is 1. The number of para-hydroxylation sites is 1. The van der Waals surface area contributed by atoms with Gasteiger partial charge in [0.1, 0.15) is 5.00 Å². The van der Waals surface area contributed by atoms with Crippen LogP contribution in [0.4, 0.5) is 5.00 Å². The molecule has 1 aromatic carbocycles. The molecule has 2 amide bonds. The van der Waals surface area contributed by atoms with Gasteiger partial charge in [0.25, 0.3) is 11.5 Å². The van der Waals surface area contributed by atoms with Crippen molar-refractivity contribution in [2.24, 2.45) is 5.73 Å². The maximum absolute atomic E-state index is 13.1. The molecule has 0 aliphatic heterocycles. The highest BCUT2D eigenvalue weighted by molar-refractivity contribution is 7.99. The molecule has 0 unspecified atom stereocenters. The lowest BCUT2D eigenvalue weighted by molar-refractivity contribution is -0.113. The predicted molar refractivity (Wildman–Crippen MR) is 127 cm³/mol. The number of aryl methyl sites for hydroxylation is 1. The molecule has 1 aliphatic rings. The number of thioether (sulfide) groups is 1. The second kappa shape index (κ2) is 9.43. The molecule has 2 aromatic heterocycles. The number of nitrogens with one attached hydrogen (secondary N) is 1. The molecule has 32 heavy (non-hydrogen) atoms. The van der Waals surface area contributed by atoms with E-state index in [9.17, 15) is 14.4 Å². The van der Waals surface area contributed by atoms with Gasteiger partial charge in [-0.2, -0.15) is 0 Å². The number of carbonyl (C=O) groups excluding carboxylic acids is 2. The Morgan fingerprint density at radius 3 is 2.88 bits per heavy atom. The molecule has 4 rings (SSSR count). The number of hydrogen-bond acceptors (Lipinski definition) is 7. The third-order valence-corrected chi connectivity index (χ3v) is 7.54. The minimum atomic E-state index is -0.522. The van der Waals surface area contributed by atoms with E-state index in [0.717, 1.165) is 29.7 Å². The van der Waals surface area contributed by atoms with Crippen LogP contribution in [0.1, 0.15) is 40.2 Å². The van der Waals surface area contributed by atoms with Crippen LogP contribution < -0.4 is 16.6 Å². The number of ether oxygens (including phenoxy) is 1. The van der Waals surface area contributed by atoms with Gasteiger partial charge < -0.3 is 15.8 Å². The summed E-state index contributed by atoms with van der Waals surface area (Å²) in [7, 11) is 1.57. The largest absolute Gasteiger partial charge is 0.383 e. The average Bonchev–Trinajstić information content (AvgIpc) is 3.33. The van der Waals surface area contributed by atoms with E-state index >= 15 is 0 Å². The maximum Gasteiger partial charge on any atom is 0.262 e. The van der Waals surface area contributed by atoms with Gasteiger partial charge in [0.05, 0.1) is 34.9 Å².